The average molecular weight is 270 g/mol. The summed E-state index contributed by atoms with van der Waals surface area (Å²) >= 11 is 0. The van der Waals surface area contributed by atoms with Crippen LogP contribution in [0.5, 0.6) is 0 Å². The summed E-state index contributed by atoms with van der Waals surface area (Å²) in [6, 6.07) is 0.0755. The Balaban J connectivity index is 2.38. The van der Waals surface area contributed by atoms with Gasteiger partial charge in [0.1, 0.15) is 0 Å². The molecule has 8 nitrogen and oxygen atoms in total. The Labute approximate surface area is 111 Å². The fourth-order valence-electron chi connectivity index (χ4n) is 1.41. The van der Waals surface area contributed by atoms with E-state index in [2.05, 4.69) is 20.3 Å². The first kappa shape index (κ1) is 15.1. The molecule has 0 aliphatic rings. The van der Waals surface area contributed by atoms with Gasteiger partial charge in [-0.05, 0) is 6.54 Å². The van der Waals surface area contributed by atoms with Crippen LogP contribution in [0.2, 0.25) is 0 Å². The number of carbonyl (C=O) groups is 2. The molecule has 0 aliphatic carbocycles. The number of rotatable bonds is 7. The predicted molar refractivity (Wildman–Crippen MR) is 66.4 cm³/mol. The van der Waals surface area contributed by atoms with Crippen LogP contribution in [-0.2, 0) is 14.3 Å². The lowest BCUT2D eigenvalue weighted by Crippen LogP contribution is -2.34. The summed E-state index contributed by atoms with van der Waals surface area (Å²) in [5.74, 6) is -0.185. The molecule has 0 bridgehead atoms. The Morgan fingerprint density at radius 1 is 1.42 bits per heavy atom. The number of hydrogen-bond donors (Lipinski definition) is 1. The number of ether oxygens (including phenoxy) is 1. The summed E-state index contributed by atoms with van der Waals surface area (Å²) in [4.78, 5) is 24.6. The van der Waals surface area contributed by atoms with Gasteiger partial charge in [-0.2, -0.15) is 0 Å². The second-order valence-electron chi connectivity index (χ2n) is 3.87. The molecule has 1 heterocycles. The van der Waals surface area contributed by atoms with E-state index in [-0.39, 0.29) is 30.9 Å². The monoisotopic (exact) mass is 270 g/mol. The van der Waals surface area contributed by atoms with E-state index < -0.39 is 0 Å². The van der Waals surface area contributed by atoms with Crippen molar-refractivity contribution in [3.8, 4) is 0 Å². The number of hydrogen-bond acceptors (Lipinski definition) is 7. The van der Waals surface area contributed by atoms with Crippen molar-refractivity contribution in [3.05, 3.63) is 5.89 Å². The smallest absolute Gasteiger partial charge is 0.322 e. The average Bonchev–Trinajstić information content (AvgIpc) is 2.79. The minimum Gasteiger partial charge on any atom is -0.469 e. The topological polar surface area (TPSA) is 97.6 Å². The molecule has 0 spiro atoms. The van der Waals surface area contributed by atoms with E-state index in [4.69, 9.17) is 4.42 Å². The third-order valence-corrected chi connectivity index (χ3v) is 2.45. The van der Waals surface area contributed by atoms with Crippen molar-refractivity contribution in [1.29, 1.82) is 0 Å². The van der Waals surface area contributed by atoms with Gasteiger partial charge in [0.2, 0.25) is 11.8 Å². The molecule has 1 N–H and O–H groups in total. The van der Waals surface area contributed by atoms with E-state index in [1.54, 1.807) is 6.92 Å². The molecule has 0 radical (unpaired) electrons. The zero-order valence-corrected chi connectivity index (χ0v) is 11.3. The molecule has 1 aromatic rings. The highest BCUT2D eigenvalue weighted by molar-refractivity contribution is 5.90. The first-order valence-electron chi connectivity index (χ1n) is 5.94. The number of amides is 1. The van der Waals surface area contributed by atoms with Crippen molar-refractivity contribution >= 4 is 17.9 Å². The SMILES string of the molecule is CCN(CCC(=O)OC)CC(=O)Nc1nnc(C)o1. The lowest BCUT2D eigenvalue weighted by molar-refractivity contribution is -0.141. The normalized spacial score (nSPS) is 10.5. The van der Waals surface area contributed by atoms with Gasteiger partial charge in [-0.1, -0.05) is 12.0 Å². The predicted octanol–water partition coefficient (Wildman–Crippen LogP) is 0.202. The van der Waals surface area contributed by atoms with Gasteiger partial charge < -0.3 is 9.15 Å². The van der Waals surface area contributed by atoms with Crippen LogP contribution in [0.1, 0.15) is 19.2 Å². The van der Waals surface area contributed by atoms with Gasteiger partial charge in [-0.15, -0.1) is 5.10 Å². The third-order valence-electron chi connectivity index (χ3n) is 2.45. The number of carbonyl (C=O) groups excluding carboxylic acids is 2. The summed E-state index contributed by atoms with van der Waals surface area (Å²) in [6.07, 6.45) is 0.247. The molecule has 0 saturated carbocycles. The quantitative estimate of drug-likeness (QED) is 0.707. The van der Waals surface area contributed by atoms with Crippen LogP contribution in [0.3, 0.4) is 0 Å². The lowest BCUT2D eigenvalue weighted by Gasteiger charge is -2.18. The van der Waals surface area contributed by atoms with Crippen LogP contribution in [0, 0.1) is 6.92 Å². The first-order chi connectivity index (χ1) is 9.05. The van der Waals surface area contributed by atoms with Crippen LogP contribution < -0.4 is 5.32 Å². The molecule has 0 aliphatic heterocycles. The molecule has 0 fully saturated rings. The van der Waals surface area contributed by atoms with Crippen LogP contribution in [0.4, 0.5) is 6.01 Å². The van der Waals surface area contributed by atoms with Gasteiger partial charge in [0, 0.05) is 13.5 Å². The van der Waals surface area contributed by atoms with Gasteiger partial charge in [-0.25, -0.2) is 0 Å². The van der Waals surface area contributed by atoms with Crippen LogP contribution >= 0.6 is 0 Å². The van der Waals surface area contributed by atoms with Crippen molar-refractivity contribution in [1.82, 2.24) is 15.1 Å². The van der Waals surface area contributed by atoms with Gasteiger partial charge >= 0.3 is 12.0 Å². The summed E-state index contributed by atoms with van der Waals surface area (Å²) < 4.78 is 9.59. The van der Waals surface area contributed by atoms with Crippen molar-refractivity contribution in [2.75, 3.05) is 32.1 Å². The minimum absolute atomic E-state index is 0.0755. The van der Waals surface area contributed by atoms with E-state index in [1.165, 1.54) is 7.11 Å². The molecular weight excluding hydrogens is 252 g/mol. The van der Waals surface area contributed by atoms with E-state index in [0.29, 0.717) is 19.0 Å². The summed E-state index contributed by atoms with van der Waals surface area (Å²) in [5.41, 5.74) is 0. The van der Waals surface area contributed by atoms with Crippen LogP contribution in [-0.4, -0.2) is 53.7 Å². The Kier molecular flexibility index (Phi) is 5.94. The second kappa shape index (κ2) is 7.47. The molecule has 106 valence electrons. The maximum Gasteiger partial charge on any atom is 0.322 e. The largest absolute Gasteiger partial charge is 0.469 e. The lowest BCUT2D eigenvalue weighted by atomic mass is 10.3. The molecule has 1 aromatic heterocycles. The number of esters is 1. The molecule has 0 atom stereocenters. The van der Waals surface area contributed by atoms with Crippen LogP contribution in [0.15, 0.2) is 4.42 Å². The third kappa shape index (κ3) is 5.47. The number of likely N-dealkylation sites (N-methyl/N-ethyl adjacent to an activating group) is 1. The first-order valence-corrected chi connectivity index (χ1v) is 5.94. The number of aryl methyl sites for hydroxylation is 1. The molecule has 19 heavy (non-hydrogen) atoms. The van der Waals surface area contributed by atoms with E-state index in [1.807, 2.05) is 11.8 Å². The van der Waals surface area contributed by atoms with Crippen molar-refractivity contribution in [2.45, 2.75) is 20.3 Å². The summed E-state index contributed by atoms with van der Waals surface area (Å²) in [7, 11) is 1.34. The van der Waals surface area contributed by atoms with Gasteiger partial charge in [0.05, 0.1) is 20.1 Å². The molecule has 0 unspecified atom stereocenters. The maximum absolute atomic E-state index is 11.7. The maximum atomic E-state index is 11.7. The highest BCUT2D eigenvalue weighted by Gasteiger charge is 2.13. The number of anilines is 1. The van der Waals surface area contributed by atoms with Crippen molar-refractivity contribution in [3.63, 3.8) is 0 Å². The van der Waals surface area contributed by atoms with E-state index in [9.17, 15) is 9.59 Å². The van der Waals surface area contributed by atoms with Gasteiger partial charge in [-0.3, -0.25) is 19.8 Å². The number of methoxy groups -OCH3 is 1. The zero-order valence-electron chi connectivity index (χ0n) is 11.3. The van der Waals surface area contributed by atoms with Crippen molar-refractivity contribution < 1.29 is 18.7 Å². The molecule has 0 saturated heterocycles. The minimum atomic E-state index is -0.300. The molecule has 0 aromatic carbocycles. The van der Waals surface area contributed by atoms with Crippen LogP contribution in [0.25, 0.3) is 0 Å². The molecule has 1 amide bonds. The highest BCUT2D eigenvalue weighted by atomic mass is 16.5. The van der Waals surface area contributed by atoms with Crippen molar-refractivity contribution in [2.24, 2.45) is 0 Å². The standard InChI is InChI=1S/C11H18N4O4/c1-4-15(6-5-10(17)18-3)7-9(16)12-11-14-13-8(2)19-11/h4-7H2,1-3H3,(H,12,14,16). The molecule has 1 rings (SSSR count). The van der Waals surface area contributed by atoms with Gasteiger partial charge in [0.15, 0.2) is 0 Å². The Morgan fingerprint density at radius 3 is 2.68 bits per heavy atom. The van der Waals surface area contributed by atoms with E-state index in [0.717, 1.165) is 0 Å². The fourth-order valence-corrected chi connectivity index (χ4v) is 1.41. The summed E-state index contributed by atoms with van der Waals surface area (Å²) in [6.45, 7) is 4.79. The molecule has 8 heteroatoms. The Morgan fingerprint density at radius 2 is 2.16 bits per heavy atom. The van der Waals surface area contributed by atoms with Gasteiger partial charge in [0.25, 0.3) is 0 Å². The Hall–Kier alpha value is -1.96. The zero-order chi connectivity index (χ0) is 14.3. The number of nitrogens with one attached hydrogen (secondary N) is 1. The number of aromatic nitrogens is 2. The second-order valence-corrected chi connectivity index (χ2v) is 3.87. The van der Waals surface area contributed by atoms with E-state index >= 15 is 0 Å². The summed E-state index contributed by atoms with van der Waals surface area (Å²) in [5, 5.41) is 9.76. The fraction of sp³-hybridized carbons (Fsp3) is 0.636. The number of nitrogens with zero attached hydrogens (tertiary/aromatic N) is 3. The Bertz CT molecular complexity index is 432. The molecular formula is C11H18N4O4. The highest BCUT2D eigenvalue weighted by Crippen LogP contribution is 2.03.